The van der Waals surface area contributed by atoms with Crippen molar-refractivity contribution in [3.63, 3.8) is 0 Å². The van der Waals surface area contributed by atoms with E-state index in [2.05, 4.69) is 4.74 Å². The van der Waals surface area contributed by atoms with E-state index in [1.165, 1.54) is 35.9 Å². The van der Waals surface area contributed by atoms with Gasteiger partial charge in [0.1, 0.15) is 12.4 Å². The molecule has 1 unspecified atom stereocenters. The SMILES string of the molecule is COC(=O)CN1C(=O)C(C(C)C)SC=C1c1ccc(F)cc1. The lowest BCUT2D eigenvalue weighted by Crippen LogP contribution is -2.43. The van der Waals surface area contributed by atoms with Crippen LogP contribution in [0.4, 0.5) is 4.39 Å². The predicted molar refractivity (Wildman–Crippen MR) is 84.3 cm³/mol. The number of esters is 1. The number of nitrogens with zero attached hydrogens (tertiary/aromatic N) is 1. The molecule has 4 nitrogen and oxygen atoms in total. The average Bonchev–Trinajstić information content (AvgIpc) is 2.49. The highest BCUT2D eigenvalue weighted by molar-refractivity contribution is 8.03. The number of hydrogen-bond acceptors (Lipinski definition) is 4. The normalized spacial score (nSPS) is 18.4. The molecule has 0 saturated heterocycles. The third-order valence-electron chi connectivity index (χ3n) is 3.39. The van der Waals surface area contributed by atoms with E-state index in [1.54, 1.807) is 12.1 Å². The lowest BCUT2D eigenvalue weighted by Gasteiger charge is -2.33. The Morgan fingerprint density at radius 2 is 2.00 bits per heavy atom. The van der Waals surface area contributed by atoms with Crippen molar-refractivity contribution in [3.8, 4) is 0 Å². The first-order valence-electron chi connectivity index (χ1n) is 6.93. The van der Waals surface area contributed by atoms with Crippen molar-refractivity contribution in [1.82, 2.24) is 4.90 Å². The lowest BCUT2D eigenvalue weighted by atomic mass is 10.1. The fourth-order valence-electron chi connectivity index (χ4n) is 2.18. The summed E-state index contributed by atoms with van der Waals surface area (Å²) in [6.45, 7) is 3.77. The van der Waals surface area contributed by atoms with E-state index in [0.717, 1.165) is 0 Å². The van der Waals surface area contributed by atoms with Crippen LogP contribution in [0.25, 0.3) is 5.70 Å². The second-order valence-corrected chi connectivity index (χ2v) is 6.33. The van der Waals surface area contributed by atoms with Gasteiger partial charge in [0.05, 0.1) is 18.1 Å². The highest BCUT2D eigenvalue weighted by Gasteiger charge is 2.34. The zero-order valence-electron chi connectivity index (χ0n) is 12.7. The summed E-state index contributed by atoms with van der Waals surface area (Å²) in [6.07, 6.45) is 0. The van der Waals surface area contributed by atoms with Crippen LogP contribution in [0.3, 0.4) is 0 Å². The summed E-state index contributed by atoms with van der Waals surface area (Å²) < 4.78 is 17.8. The van der Waals surface area contributed by atoms with Crippen LogP contribution in [-0.4, -0.2) is 35.7 Å². The van der Waals surface area contributed by atoms with Crippen LogP contribution in [0, 0.1) is 11.7 Å². The largest absolute Gasteiger partial charge is 0.468 e. The van der Waals surface area contributed by atoms with Crippen LogP contribution >= 0.6 is 11.8 Å². The second kappa shape index (κ2) is 6.96. The van der Waals surface area contributed by atoms with Crippen LogP contribution in [-0.2, 0) is 14.3 Å². The van der Waals surface area contributed by atoms with Crippen LogP contribution in [0.2, 0.25) is 0 Å². The van der Waals surface area contributed by atoms with Crippen molar-refractivity contribution in [2.24, 2.45) is 5.92 Å². The smallest absolute Gasteiger partial charge is 0.325 e. The van der Waals surface area contributed by atoms with Crippen LogP contribution in [0.5, 0.6) is 0 Å². The molecule has 118 valence electrons. The van der Waals surface area contributed by atoms with Crippen molar-refractivity contribution in [2.75, 3.05) is 13.7 Å². The molecule has 0 bridgehead atoms. The molecule has 1 amide bonds. The highest BCUT2D eigenvalue weighted by Crippen LogP contribution is 2.35. The molecule has 0 fully saturated rings. The standard InChI is InChI=1S/C16H18FNO3S/c1-10(2)15-16(20)18(8-14(19)21-3)13(9-22-15)11-4-6-12(17)7-5-11/h4-7,9-10,15H,8H2,1-3H3. The van der Waals surface area contributed by atoms with Gasteiger partial charge in [0.25, 0.3) is 0 Å². The van der Waals surface area contributed by atoms with Gasteiger partial charge >= 0.3 is 5.97 Å². The monoisotopic (exact) mass is 323 g/mol. The Morgan fingerprint density at radius 3 is 2.55 bits per heavy atom. The minimum Gasteiger partial charge on any atom is -0.468 e. The summed E-state index contributed by atoms with van der Waals surface area (Å²) in [4.78, 5) is 25.7. The van der Waals surface area contributed by atoms with E-state index in [4.69, 9.17) is 0 Å². The molecule has 0 aliphatic carbocycles. The highest BCUT2D eigenvalue weighted by atomic mass is 32.2. The van der Waals surface area contributed by atoms with Crippen LogP contribution in [0.1, 0.15) is 19.4 Å². The Hall–Kier alpha value is -1.82. The Morgan fingerprint density at radius 1 is 1.36 bits per heavy atom. The van der Waals surface area contributed by atoms with Crippen molar-refractivity contribution in [3.05, 3.63) is 41.1 Å². The maximum absolute atomic E-state index is 13.1. The molecule has 0 N–H and O–H groups in total. The molecular formula is C16H18FNO3S. The van der Waals surface area contributed by atoms with Crippen molar-refractivity contribution in [1.29, 1.82) is 0 Å². The van der Waals surface area contributed by atoms with Gasteiger partial charge in [-0.05, 0) is 41.2 Å². The first-order chi connectivity index (χ1) is 10.4. The number of hydrogen-bond donors (Lipinski definition) is 0. The molecule has 1 aliphatic rings. The zero-order valence-corrected chi connectivity index (χ0v) is 13.5. The average molecular weight is 323 g/mol. The molecule has 22 heavy (non-hydrogen) atoms. The van der Waals surface area contributed by atoms with Crippen molar-refractivity contribution >= 4 is 29.3 Å². The first kappa shape index (κ1) is 16.5. The predicted octanol–water partition coefficient (Wildman–Crippen LogP) is 2.90. The number of methoxy groups -OCH3 is 1. The summed E-state index contributed by atoms with van der Waals surface area (Å²) in [5.41, 5.74) is 1.28. The van der Waals surface area contributed by atoms with Gasteiger partial charge in [-0.15, -0.1) is 11.8 Å². The molecule has 2 rings (SSSR count). The van der Waals surface area contributed by atoms with E-state index >= 15 is 0 Å². The molecule has 0 spiro atoms. The lowest BCUT2D eigenvalue weighted by molar-refractivity contribution is -0.145. The zero-order chi connectivity index (χ0) is 16.3. The second-order valence-electron chi connectivity index (χ2n) is 5.31. The Balaban J connectivity index is 2.37. The fourth-order valence-corrected chi connectivity index (χ4v) is 3.27. The summed E-state index contributed by atoms with van der Waals surface area (Å²) in [5.74, 6) is -0.828. The van der Waals surface area contributed by atoms with E-state index in [0.29, 0.717) is 11.3 Å². The van der Waals surface area contributed by atoms with E-state index in [-0.39, 0.29) is 29.4 Å². The van der Waals surface area contributed by atoms with Gasteiger partial charge in [0.15, 0.2) is 0 Å². The third kappa shape index (κ3) is 3.50. The van der Waals surface area contributed by atoms with Gasteiger partial charge in [0, 0.05) is 0 Å². The summed E-state index contributed by atoms with van der Waals surface area (Å²) in [7, 11) is 1.28. The van der Waals surface area contributed by atoms with Gasteiger partial charge in [-0.1, -0.05) is 13.8 Å². The topological polar surface area (TPSA) is 46.6 Å². The van der Waals surface area contributed by atoms with E-state index < -0.39 is 5.97 Å². The fraction of sp³-hybridized carbons (Fsp3) is 0.375. The molecule has 0 aromatic heterocycles. The molecule has 1 atom stereocenters. The minimum atomic E-state index is -0.490. The summed E-state index contributed by atoms with van der Waals surface area (Å²) in [5, 5.41) is 1.61. The Kier molecular flexibility index (Phi) is 5.24. The number of ether oxygens (including phenoxy) is 1. The maximum Gasteiger partial charge on any atom is 0.325 e. The Labute approximate surface area is 133 Å². The van der Waals surface area contributed by atoms with Gasteiger partial charge in [0.2, 0.25) is 5.91 Å². The minimum absolute atomic E-state index is 0.132. The van der Waals surface area contributed by atoms with Crippen LogP contribution < -0.4 is 0 Å². The summed E-state index contributed by atoms with van der Waals surface area (Å²) >= 11 is 1.43. The van der Waals surface area contributed by atoms with Gasteiger partial charge in [-0.2, -0.15) is 0 Å². The number of halogens is 1. The van der Waals surface area contributed by atoms with Gasteiger partial charge in [-0.3, -0.25) is 14.5 Å². The maximum atomic E-state index is 13.1. The number of rotatable bonds is 4. The van der Waals surface area contributed by atoms with Crippen molar-refractivity contribution in [2.45, 2.75) is 19.1 Å². The third-order valence-corrected chi connectivity index (χ3v) is 4.79. The van der Waals surface area contributed by atoms with Crippen molar-refractivity contribution < 1.29 is 18.7 Å². The van der Waals surface area contributed by atoms with E-state index in [1.807, 2.05) is 19.3 Å². The number of amides is 1. The number of thioether (sulfide) groups is 1. The van der Waals surface area contributed by atoms with Crippen LogP contribution in [0.15, 0.2) is 29.7 Å². The molecule has 0 saturated carbocycles. The molecule has 1 heterocycles. The van der Waals surface area contributed by atoms with Gasteiger partial charge in [-0.25, -0.2) is 4.39 Å². The molecular weight excluding hydrogens is 305 g/mol. The molecule has 6 heteroatoms. The first-order valence-corrected chi connectivity index (χ1v) is 7.88. The number of carbonyl (C=O) groups excluding carboxylic acids is 2. The molecule has 1 aliphatic heterocycles. The molecule has 1 aromatic carbocycles. The van der Waals surface area contributed by atoms with E-state index in [9.17, 15) is 14.0 Å². The quantitative estimate of drug-likeness (QED) is 0.799. The number of benzene rings is 1. The molecule has 1 aromatic rings. The van der Waals surface area contributed by atoms with Gasteiger partial charge < -0.3 is 4.74 Å². The molecule has 0 radical (unpaired) electrons. The number of carbonyl (C=O) groups is 2. The summed E-state index contributed by atoms with van der Waals surface area (Å²) in [6, 6.07) is 5.84. The Bertz CT molecular complexity index is 598.